The predicted octanol–water partition coefficient (Wildman–Crippen LogP) is 3.78. The lowest BCUT2D eigenvalue weighted by Gasteiger charge is -2.12. The molecule has 1 heterocycles. The highest BCUT2D eigenvalue weighted by Crippen LogP contribution is 2.22. The first kappa shape index (κ1) is 14.8. The van der Waals surface area contributed by atoms with Gasteiger partial charge in [-0.2, -0.15) is 0 Å². The second-order valence-corrected chi connectivity index (χ2v) is 4.95. The minimum absolute atomic E-state index is 0.269. The summed E-state index contributed by atoms with van der Waals surface area (Å²) in [6.45, 7) is 6.89. The van der Waals surface area contributed by atoms with Crippen LogP contribution in [0.1, 0.15) is 50.4 Å². The molecule has 1 rings (SSSR count). The molecule has 0 aliphatic heterocycles. The molecule has 0 aliphatic rings. The summed E-state index contributed by atoms with van der Waals surface area (Å²) < 4.78 is 0. The van der Waals surface area contributed by atoms with Crippen LogP contribution in [0.3, 0.4) is 0 Å². The third kappa shape index (κ3) is 4.19. The van der Waals surface area contributed by atoms with E-state index in [1.165, 1.54) is 0 Å². The fourth-order valence-corrected chi connectivity index (χ4v) is 1.67. The number of hydrogen-bond acceptors (Lipinski definition) is 3. The molecular weight excluding hydrogens is 246 g/mol. The fraction of sp³-hybridized carbons (Fsp3) is 0.571. The summed E-state index contributed by atoms with van der Waals surface area (Å²) in [6.07, 6.45) is 8.09. The van der Waals surface area contributed by atoms with Gasteiger partial charge in [-0.05, 0) is 19.8 Å². The van der Waals surface area contributed by atoms with Crippen LogP contribution in [0, 0.1) is 19.3 Å². The van der Waals surface area contributed by atoms with Crippen molar-refractivity contribution in [2.24, 2.45) is 0 Å². The zero-order valence-electron chi connectivity index (χ0n) is 11.3. The Hall–Kier alpha value is -1.27. The summed E-state index contributed by atoms with van der Waals surface area (Å²) in [5, 5.41) is 3.83. The van der Waals surface area contributed by atoms with E-state index in [4.69, 9.17) is 18.0 Å². The summed E-state index contributed by atoms with van der Waals surface area (Å²) in [7, 11) is 0. The van der Waals surface area contributed by atoms with Crippen molar-refractivity contribution in [3.63, 3.8) is 0 Å². The number of aromatic nitrogens is 2. The maximum absolute atomic E-state index is 6.11. The molecule has 0 atom stereocenters. The summed E-state index contributed by atoms with van der Waals surface area (Å²) >= 11 is 6.11. The van der Waals surface area contributed by atoms with Gasteiger partial charge in [0.1, 0.15) is 16.8 Å². The van der Waals surface area contributed by atoms with Crippen molar-refractivity contribution in [1.82, 2.24) is 9.97 Å². The van der Waals surface area contributed by atoms with Crippen LogP contribution in [0.4, 0.5) is 5.82 Å². The van der Waals surface area contributed by atoms with Gasteiger partial charge in [-0.1, -0.05) is 25.4 Å². The van der Waals surface area contributed by atoms with Crippen molar-refractivity contribution in [3.05, 3.63) is 16.5 Å². The first-order valence-electron chi connectivity index (χ1n) is 6.27. The smallest absolute Gasteiger partial charge is 0.137 e. The number of nitrogens with zero attached hydrogens (tertiary/aromatic N) is 2. The summed E-state index contributed by atoms with van der Waals surface area (Å²) in [6, 6.07) is 0. The third-order valence-corrected chi connectivity index (χ3v) is 3.03. The van der Waals surface area contributed by atoms with E-state index < -0.39 is 0 Å². The second kappa shape index (κ2) is 7.23. The molecule has 1 N–H and O–H groups in total. The van der Waals surface area contributed by atoms with Gasteiger partial charge in [0, 0.05) is 24.4 Å². The van der Waals surface area contributed by atoms with Gasteiger partial charge in [0.15, 0.2) is 0 Å². The maximum Gasteiger partial charge on any atom is 0.137 e. The number of anilines is 1. The van der Waals surface area contributed by atoms with Gasteiger partial charge in [-0.25, -0.2) is 9.97 Å². The number of nitrogens with one attached hydrogen (secondary N) is 1. The quantitative estimate of drug-likeness (QED) is 0.483. The summed E-state index contributed by atoms with van der Waals surface area (Å²) in [5.74, 6) is 4.51. The molecule has 0 spiro atoms. The molecule has 0 bridgehead atoms. The molecule has 0 saturated heterocycles. The Morgan fingerprint density at radius 3 is 2.67 bits per heavy atom. The van der Waals surface area contributed by atoms with Crippen molar-refractivity contribution in [2.45, 2.75) is 46.0 Å². The first-order valence-corrected chi connectivity index (χ1v) is 6.65. The Morgan fingerprint density at radius 1 is 1.33 bits per heavy atom. The highest BCUT2D eigenvalue weighted by Gasteiger charge is 2.11. The second-order valence-electron chi connectivity index (χ2n) is 4.59. The maximum atomic E-state index is 6.11. The van der Waals surface area contributed by atoms with E-state index >= 15 is 0 Å². The van der Waals surface area contributed by atoms with Crippen LogP contribution in [-0.4, -0.2) is 16.5 Å². The molecule has 0 amide bonds. The van der Waals surface area contributed by atoms with Crippen LogP contribution >= 0.6 is 11.6 Å². The number of rotatable bonds is 6. The standard InChI is InChI=1S/C14H20ClN3/c1-5-6-7-8-9-16-14-11(4)12(15)17-13(18-14)10(2)3/h1,10H,6-9H2,2-4H3,(H,16,17,18). The molecule has 0 aromatic carbocycles. The average molecular weight is 266 g/mol. The molecule has 0 unspecified atom stereocenters. The Balaban J connectivity index is 2.67. The first-order chi connectivity index (χ1) is 8.56. The SMILES string of the molecule is C#CCCCCNc1nc(C(C)C)nc(Cl)c1C. The van der Waals surface area contributed by atoms with E-state index in [0.717, 1.165) is 43.0 Å². The van der Waals surface area contributed by atoms with Gasteiger partial charge in [-0.3, -0.25) is 0 Å². The number of halogens is 1. The Morgan fingerprint density at radius 2 is 2.06 bits per heavy atom. The molecule has 1 aromatic heterocycles. The summed E-state index contributed by atoms with van der Waals surface area (Å²) in [5.41, 5.74) is 0.901. The van der Waals surface area contributed by atoms with Gasteiger partial charge in [0.25, 0.3) is 0 Å². The van der Waals surface area contributed by atoms with Gasteiger partial charge in [-0.15, -0.1) is 12.3 Å². The number of hydrogen-bond donors (Lipinski definition) is 1. The van der Waals surface area contributed by atoms with Crippen LogP contribution < -0.4 is 5.32 Å². The molecule has 4 heteroatoms. The van der Waals surface area contributed by atoms with Crippen LogP contribution in [0.5, 0.6) is 0 Å². The number of unbranched alkanes of at least 4 members (excludes halogenated alkanes) is 2. The van der Waals surface area contributed by atoms with Gasteiger partial charge >= 0.3 is 0 Å². The predicted molar refractivity (Wildman–Crippen MR) is 77.0 cm³/mol. The topological polar surface area (TPSA) is 37.8 Å². The minimum atomic E-state index is 0.269. The highest BCUT2D eigenvalue weighted by molar-refractivity contribution is 6.30. The van der Waals surface area contributed by atoms with Crippen molar-refractivity contribution in [3.8, 4) is 12.3 Å². The van der Waals surface area contributed by atoms with Gasteiger partial charge in [0.05, 0.1) is 0 Å². The van der Waals surface area contributed by atoms with E-state index in [2.05, 4.69) is 35.1 Å². The largest absolute Gasteiger partial charge is 0.370 e. The van der Waals surface area contributed by atoms with E-state index in [1.807, 2.05) is 6.92 Å². The minimum Gasteiger partial charge on any atom is -0.370 e. The van der Waals surface area contributed by atoms with E-state index in [1.54, 1.807) is 0 Å². The monoisotopic (exact) mass is 265 g/mol. The molecule has 0 fully saturated rings. The molecular formula is C14H20ClN3. The molecule has 1 aromatic rings. The van der Waals surface area contributed by atoms with Crippen molar-refractivity contribution in [1.29, 1.82) is 0 Å². The van der Waals surface area contributed by atoms with E-state index in [9.17, 15) is 0 Å². The molecule has 0 saturated carbocycles. The lowest BCUT2D eigenvalue weighted by molar-refractivity contribution is 0.761. The Kier molecular flexibility index (Phi) is 5.94. The van der Waals surface area contributed by atoms with Crippen LogP contribution in [-0.2, 0) is 0 Å². The van der Waals surface area contributed by atoms with Gasteiger partial charge < -0.3 is 5.32 Å². The fourth-order valence-electron chi connectivity index (χ4n) is 1.49. The highest BCUT2D eigenvalue weighted by atomic mass is 35.5. The molecule has 3 nitrogen and oxygen atoms in total. The van der Waals surface area contributed by atoms with Crippen LogP contribution in [0.2, 0.25) is 5.15 Å². The van der Waals surface area contributed by atoms with Crippen molar-refractivity contribution >= 4 is 17.4 Å². The zero-order chi connectivity index (χ0) is 13.5. The normalized spacial score (nSPS) is 10.4. The van der Waals surface area contributed by atoms with Crippen LogP contribution in [0.15, 0.2) is 0 Å². The lowest BCUT2D eigenvalue weighted by atomic mass is 10.2. The zero-order valence-corrected chi connectivity index (χ0v) is 12.0. The van der Waals surface area contributed by atoms with E-state index in [0.29, 0.717) is 5.15 Å². The van der Waals surface area contributed by atoms with Gasteiger partial charge in [0.2, 0.25) is 0 Å². The molecule has 18 heavy (non-hydrogen) atoms. The van der Waals surface area contributed by atoms with E-state index in [-0.39, 0.29) is 5.92 Å². The molecule has 0 aliphatic carbocycles. The third-order valence-electron chi connectivity index (χ3n) is 2.66. The average Bonchev–Trinajstić information content (AvgIpc) is 2.33. The van der Waals surface area contributed by atoms with Crippen molar-refractivity contribution in [2.75, 3.05) is 11.9 Å². The van der Waals surface area contributed by atoms with Crippen LogP contribution in [0.25, 0.3) is 0 Å². The summed E-state index contributed by atoms with van der Waals surface area (Å²) in [4.78, 5) is 8.78. The lowest BCUT2D eigenvalue weighted by Crippen LogP contribution is -2.09. The van der Waals surface area contributed by atoms with Crippen molar-refractivity contribution < 1.29 is 0 Å². The number of terminal acetylenes is 1. The molecule has 0 radical (unpaired) electrons. The molecule has 98 valence electrons. The Bertz CT molecular complexity index is 435. The Labute approximate surface area is 114 Å².